The minimum absolute atomic E-state index is 0.636. The molecule has 22 heavy (non-hydrogen) atoms. The molecule has 0 aliphatic carbocycles. The SMILES string of the molecule is CCOc1c(CNC[C@H]2CCCN2CC)cc(Br)cc1OC. The number of halogens is 1. The zero-order valence-electron chi connectivity index (χ0n) is 13.8. The van der Waals surface area contributed by atoms with E-state index in [9.17, 15) is 0 Å². The first-order valence-corrected chi connectivity index (χ1v) is 8.92. The van der Waals surface area contributed by atoms with Crippen LogP contribution in [0, 0.1) is 0 Å². The van der Waals surface area contributed by atoms with Crippen LogP contribution in [0.4, 0.5) is 0 Å². The highest BCUT2D eigenvalue weighted by Gasteiger charge is 2.22. The van der Waals surface area contributed by atoms with E-state index in [0.717, 1.165) is 41.2 Å². The second-order valence-electron chi connectivity index (χ2n) is 5.58. The average Bonchev–Trinajstić information content (AvgIpc) is 2.97. The van der Waals surface area contributed by atoms with E-state index in [1.54, 1.807) is 7.11 Å². The van der Waals surface area contributed by atoms with Crippen LogP contribution in [0.3, 0.4) is 0 Å². The van der Waals surface area contributed by atoms with Gasteiger partial charge in [0.2, 0.25) is 0 Å². The van der Waals surface area contributed by atoms with E-state index >= 15 is 0 Å². The molecule has 1 atom stereocenters. The smallest absolute Gasteiger partial charge is 0.165 e. The molecule has 1 heterocycles. The van der Waals surface area contributed by atoms with Gasteiger partial charge >= 0.3 is 0 Å². The molecule has 1 aromatic carbocycles. The lowest BCUT2D eigenvalue weighted by Gasteiger charge is -2.23. The number of hydrogen-bond acceptors (Lipinski definition) is 4. The van der Waals surface area contributed by atoms with Gasteiger partial charge in [-0.2, -0.15) is 0 Å². The highest BCUT2D eigenvalue weighted by molar-refractivity contribution is 9.10. The molecule has 1 fully saturated rings. The molecule has 1 aliphatic rings. The van der Waals surface area contributed by atoms with Crippen molar-refractivity contribution in [1.29, 1.82) is 0 Å². The summed E-state index contributed by atoms with van der Waals surface area (Å²) < 4.78 is 12.2. The predicted molar refractivity (Wildman–Crippen MR) is 93.8 cm³/mol. The van der Waals surface area contributed by atoms with Crippen molar-refractivity contribution < 1.29 is 9.47 Å². The van der Waals surface area contributed by atoms with E-state index in [1.807, 2.05) is 13.0 Å². The van der Waals surface area contributed by atoms with Gasteiger partial charge in [0.1, 0.15) is 0 Å². The molecule has 5 heteroatoms. The molecule has 0 spiro atoms. The standard InChI is InChI=1S/C17H27BrN2O2/c1-4-20-8-6-7-15(20)12-19-11-13-9-14(18)10-16(21-3)17(13)22-5-2/h9-10,15,19H,4-8,11-12H2,1-3H3/t15-/m1/s1. The fourth-order valence-electron chi connectivity index (χ4n) is 3.13. The lowest BCUT2D eigenvalue weighted by Crippen LogP contribution is -2.37. The molecule has 2 rings (SSSR count). The van der Waals surface area contributed by atoms with Crippen LogP contribution < -0.4 is 14.8 Å². The third-order valence-electron chi connectivity index (χ3n) is 4.21. The zero-order valence-corrected chi connectivity index (χ0v) is 15.4. The summed E-state index contributed by atoms with van der Waals surface area (Å²) in [5, 5.41) is 3.59. The van der Waals surface area contributed by atoms with Crippen molar-refractivity contribution >= 4 is 15.9 Å². The first-order chi connectivity index (χ1) is 10.7. The fourth-order valence-corrected chi connectivity index (χ4v) is 3.61. The molecule has 1 aromatic rings. The van der Waals surface area contributed by atoms with Crippen molar-refractivity contribution in [3.63, 3.8) is 0 Å². The van der Waals surface area contributed by atoms with Gasteiger partial charge in [-0.25, -0.2) is 0 Å². The minimum atomic E-state index is 0.636. The number of methoxy groups -OCH3 is 1. The Bertz CT molecular complexity index is 482. The number of ether oxygens (including phenoxy) is 2. The Balaban J connectivity index is 2.00. The summed E-state index contributed by atoms with van der Waals surface area (Å²) in [6, 6.07) is 4.71. The van der Waals surface area contributed by atoms with E-state index < -0.39 is 0 Å². The molecule has 124 valence electrons. The zero-order chi connectivity index (χ0) is 15.9. The van der Waals surface area contributed by atoms with Crippen molar-refractivity contribution in [3.05, 3.63) is 22.2 Å². The molecule has 1 aliphatic heterocycles. The maximum absolute atomic E-state index is 5.78. The normalized spacial score (nSPS) is 18.6. The molecule has 0 unspecified atom stereocenters. The molecule has 4 nitrogen and oxygen atoms in total. The molecule has 0 amide bonds. The Kier molecular flexibility index (Phi) is 6.99. The lowest BCUT2D eigenvalue weighted by atomic mass is 10.1. The quantitative estimate of drug-likeness (QED) is 0.759. The first kappa shape index (κ1) is 17.6. The molecule has 1 saturated heterocycles. The van der Waals surface area contributed by atoms with Gasteiger partial charge in [-0.1, -0.05) is 22.9 Å². The second kappa shape index (κ2) is 8.75. The third-order valence-corrected chi connectivity index (χ3v) is 4.66. The second-order valence-corrected chi connectivity index (χ2v) is 6.50. The van der Waals surface area contributed by atoms with Crippen molar-refractivity contribution in [2.24, 2.45) is 0 Å². The van der Waals surface area contributed by atoms with Crippen LogP contribution in [0.2, 0.25) is 0 Å². The molecule has 0 bridgehead atoms. The van der Waals surface area contributed by atoms with Gasteiger partial charge in [0.15, 0.2) is 11.5 Å². The van der Waals surface area contributed by atoms with Gasteiger partial charge in [0, 0.05) is 29.2 Å². The Hall–Kier alpha value is -0.780. The maximum atomic E-state index is 5.78. The molecule has 0 saturated carbocycles. The van der Waals surface area contributed by atoms with Gasteiger partial charge in [0.25, 0.3) is 0 Å². The minimum Gasteiger partial charge on any atom is -0.493 e. The summed E-state index contributed by atoms with van der Waals surface area (Å²) in [6.07, 6.45) is 2.61. The predicted octanol–water partition coefficient (Wildman–Crippen LogP) is 3.43. The van der Waals surface area contributed by atoms with Gasteiger partial charge in [-0.3, -0.25) is 4.90 Å². The van der Waals surface area contributed by atoms with Crippen molar-refractivity contribution in [3.8, 4) is 11.5 Å². The summed E-state index contributed by atoms with van der Waals surface area (Å²) in [5.41, 5.74) is 1.13. The summed E-state index contributed by atoms with van der Waals surface area (Å²) >= 11 is 3.55. The number of likely N-dealkylation sites (tertiary alicyclic amines) is 1. The van der Waals surface area contributed by atoms with Gasteiger partial charge < -0.3 is 14.8 Å². The third kappa shape index (κ3) is 4.37. The maximum Gasteiger partial charge on any atom is 0.165 e. The van der Waals surface area contributed by atoms with E-state index in [0.29, 0.717) is 12.6 Å². The largest absolute Gasteiger partial charge is 0.493 e. The van der Waals surface area contributed by atoms with Crippen molar-refractivity contribution in [1.82, 2.24) is 10.2 Å². The molecule has 1 N–H and O–H groups in total. The number of nitrogens with zero attached hydrogens (tertiary/aromatic N) is 1. The average molecular weight is 371 g/mol. The van der Waals surface area contributed by atoms with Gasteiger partial charge in [-0.15, -0.1) is 0 Å². The first-order valence-electron chi connectivity index (χ1n) is 8.13. The summed E-state index contributed by atoms with van der Waals surface area (Å²) in [4.78, 5) is 2.55. The monoisotopic (exact) mass is 370 g/mol. The molecule has 0 aromatic heterocycles. The molecular formula is C17H27BrN2O2. The van der Waals surface area contributed by atoms with E-state index in [-0.39, 0.29) is 0 Å². The fraction of sp³-hybridized carbons (Fsp3) is 0.647. The Morgan fingerprint density at radius 1 is 1.36 bits per heavy atom. The van der Waals surface area contributed by atoms with E-state index in [1.165, 1.54) is 19.4 Å². The van der Waals surface area contributed by atoms with Gasteiger partial charge in [-0.05, 0) is 45.0 Å². The number of nitrogens with one attached hydrogen (secondary N) is 1. The van der Waals surface area contributed by atoms with Crippen LogP contribution >= 0.6 is 15.9 Å². The van der Waals surface area contributed by atoms with Crippen molar-refractivity contribution in [2.45, 2.75) is 39.3 Å². The topological polar surface area (TPSA) is 33.7 Å². The van der Waals surface area contributed by atoms with Crippen molar-refractivity contribution in [2.75, 3.05) is 33.4 Å². The summed E-state index contributed by atoms with van der Waals surface area (Å²) in [5.74, 6) is 1.63. The van der Waals surface area contributed by atoms with Crippen LogP contribution in [0.1, 0.15) is 32.3 Å². The Morgan fingerprint density at radius 2 is 2.18 bits per heavy atom. The number of likely N-dealkylation sites (N-methyl/N-ethyl adjacent to an activating group) is 1. The molecule has 0 radical (unpaired) electrons. The van der Waals surface area contributed by atoms with Crippen LogP contribution in [0.5, 0.6) is 11.5 Å². The lowest BCUT2D eigenvalue weighted by molar-refractivity contribution is 0.259. The van der Waals surface area contributed by atoms with Crippen LogP contribution in [0.15, 0.2) is 16.6 Å². The van der Waals surface area contributed by atoms with Gasteiger partial charge in [0.05, 0.1) is 13.7 Å². The summed E-state index contributed by atoms with van der Waals surface area (Å²) in [7, 11) is 1.68. The summed E-state index contributed by atoms with van der Waals surface area (Å²) in [6.45, 7) is 9.06. The van der Waals surface area contributed by atoms with Crippen LogP contribution in [0.25, 0.3) is 0 Å². The van der Waals surface area contributed by atoms with Crippen LogP contribution in [-0.2, 0) is 6.54 Å². The number of benzene rings is 1. The Morgan fingerprint density at radius 3 is 2.86 bits per heavy atom. The Labute approximate surface area is 142 Å². The van der Waals surface area contributed by atoms with Crippen LogP contribution in [-0.4, -0.2) is 44.3 Å². The number of rotatable bonds is 8. The highest BCUT2D eigenvalue weighted by Crippen LogP contribution is 2.35. The van der Waals surface area contributed by atoms with E-state index in [2.05, 4.69) is 39.1 Å². The highest BCUT2D eigenvalue weighted by atomic mass is 79.9. The van der Waals surface area contributed by atoms with E-state index in [4.69, 9.17) is 9.47 Å². The molecular weight excluding hydrogens is 344 g/mol. The number of hydrogen-bond donors (Lipinski definition) is 1.